The van der Waals surface area contributed by atoms with Gasteiger partial charge in [0.25, 0.3) is 5.91 Å². The maximum absolute atomic E-state index is 13.5. The van der Waals surface area contributed by atoms with E-state index in [2.05, 4.69) is 5.32 Å². The number of anilines is 1. The quantitative estimate of drug-likeness (QED) is 0.793. The molecule has 0 aliphatic carbocycles. The molecule has 0 aliphatic heterocycles. The van der Waals surface area contributed by atoms with Crippen LogP contribution in [0, 0.1) is 19.7 Å². The molecule has 2 aromatic carbocycles. The molecule has 0 aliphatic rings. The van der Waals surface area contributed by atoms with Crippen molar-refractivity contribution in [2.75, 3.05) is 18.5 Å². The molecule has 1 N–H and O–H groups in total. The smallest absolute Gasteiger partial charge is 0.344 e. The van der Waals surface area contributed by atoms with Gasteiger partial charge in [-0.05, 0) is 43.7 Å². The lowest BCUT2D eigenvalue weighted by atomic mass is 10.1. The summed E-state index contributed by atoms with van der Waals surface area (Å²) in [6, 6.07) is 9.29. The van der Waals surface area contributed by atoms with E-state index in [4.69, 9.17) is 21.1 Å². The monoisotopic (exact) mass is 365 g/mol. The van der Waals surface area contributed by atoms with Crippen molar-refractivity contribution in [1.29, 1.82) is 0 Å². The highest BCUT2D eigenvalue weighted by atomic mass is 35.5. The molecule has 2 rings (SSSR count). The van der Waals surface area contributed by atoms with Gasteiger partial charge in [0.05, 0.1) is 5.69 Å². The van der Waals surface area contributed by atoms with Crippen molar-refractivity contribution >= 4 is 29.2 Å². The predicted octanol–water partition coefficient (Wildman–Crippen LogP) is 3.66. The molecule has 0 radical (unpaired) electrons. The Morgan fingerprint density at radius 2 is 1.88 bits per heavy atom. The minimum Gasteiger partial charge on any atom is -0.482 e. The van der Waals surface area contributed by atoms with E-state index in [1.165, 1.54) is 12.1 Å². The number of benzene rings is 2. The SMILES string of the molecule is Cc1ccc(OCC(=O)OCC(=O)Nc2cc(Cl)ccc2F)c(C)c1. The van der Waals surface area contributed by atoms with E-state index in [1.807, 2.05) is 26.0 Å². The number of esters is 1. The number of carbonyl (C=O) groups is 2. The molecule has 0 saturated carbocycles. The summed E-state index contributed by atoms with van der Waals surface area (Å²) in [5.41, 5.74) is 1.89. The van der Waals surface area contributed by atoms with Crippen LogP contribution in [0.5, 0.6) is 5.75 Å². The number of aryl methyl sites for hydroxylation is 2. The van der Waals surface area contributed by atoms with Crippen LogP contribution in [0.4, 0.5) is 10.1 Å². The van der Waals surface area contributed by atoms with Crippen molar-refractivity contribution in [2.24, 2.45) is 0 Å². The van der Waals surface area contributed by atoms with E-state index < -0.39 is 24.3 Å². The first kappa shape index (κ1) is 18.7. The van der Waals surface area contributed by atoms with E-state index in [1.54, 1.807) is 6.07 Å². The van der Waals surface area contributed by atoms with Crippen molar-refractivity contribution in [3.63, 3.8) is 0 Å². The van der Waals surface area contributed by atoms with Crippen LogP contribution in [-0.2, 0) is 14.3 Å². The van der Waals surface area contributed by atoms with Gasteiger partial charge in [0.15, 0.2) is 13.2 Å². The maximum atomic E-state index is 13.5. The van der Waals surface area contributed by atoms with Crippen molar-refractivity contribution in [3.8, 4) is 5.75 Å². The Morgan fingerprint density at radius 1 is 1.12 bits per heavy atom. The Labute approximate surface area is 149 Å². The largest absolute Gasteiger partial charge is 0.482 e. The fourth-order valence-corrected chi connectivity index (χ4v) is 2.24. The molecule has 132 valence electrons. The Bertz CT molecular complexity index is 795. The second-order valence-electron chi connectivity index (χ2n) is 5.39. The Kier molecular flexibility index (Phi) is 6.36. The molecular formula is C18H17ClFNO4. The van der Waals surface area contributed by atoms with Crippen LogP contribution in [0.1, 0.15) is 11.1 Å². The third kappa shape index (κ3) is 5.76. The molecule has 2 aromatic rings. The van der Waals surface area contributed by atoms with E-state index in [0.717, 1.165) is 17.2 Å². The Morgan fingerprint density at radius 3 is 2.60 bits per heavy atom. The number of nitrogens with one attached hydrogen (secondary N) is 1. The lowest BCUT2D eigenvalue weighted by molar-refractivity contribution is -0.149. The predicted molar refractivity (Wildman–Crippen MR) is 92.4 cm³/mol. The number of amides is 1. The second kappa shape index (κ2) is 8.48. The molecule has 0 bridgehead atoms. The van der Waals surface area contributed by atoms with Crippen molar-refractivity contribution in [2.45, 2.75) is 13.8 Å². The topological polar surface area (TPSA) is 64.6 Å². The molecule has 0 saturated heterocycles. The average molecular weight is 366 g/mol. The minimum absolute atomic E-state index is 0.0833. The first-order valence-electron chi connectivity index (χ1n) is 7.45. The normalized spacial score (nSPS) is 10.2. The van der Waals surface area contributed by atoms with Crippen molar-refractivity contribution in [3.05, 3.63) is 58.4 Å². The fourth-order valence-electron chi connectivity index (χ4n) is 2.07. The van der Waals surface area contributed by atoms with Gasteiger partial charge in [-0.25, -0.2) is 9.18 Å². The molecule has 0 heterocycles. The first-order valence-corrected chi connectivity index (χ1v) is 7.83. The minimum atomic E-state index is -0.707. The highest BCUT2D eigenvalue weighted by molar-refractivity contribution is 6.30. The van der Waals surface area contributed by atoms with Crippen LogP contribution in [-0.4, -0.2) is 25.1 Å². The van der Waals surface area contributed by atoms with Crippen LogP contribution >= 0.6 is 11.6 Å². The zero-order chi connectivity index (χ0) is 18.4. The summed E-state index contributed by atoms with van der Waals surface area (Å²) in [7, 11) is 0. The van der Waals surface area contributed by atoms with E-state index in [9.17, 15) is 14.0 Å². The molecule has 25 heavy (non-hydrogen) atoms. The van der Waals surface area contributed by atoms with E-state index in [0.29, 0.717) is 5.75 Å². The third-order valence-electron chi connectivity index (χ3n) is 3.24. The zero-order valence-corrected chi connectivity index (χ0v) is 14.5. The third-order valence-corrected chi connectivity index (χ3v) is 3.48. The molecule has 1 amide bonds. The van der Waals surface area contributed by atoms with Crippen LogP contribution in [0.3, 0.4) is 0 Å². The number of carbonyl (C=O) groups excluding carboxylic acids is 2. The molecule has 0 aromatic heterocycles. The van der Waals surface area contributed by atoms with Gasteiger partial charge in [0.2, 0.25) is 0 Å². The molecule has 0 unspecified atom stereocenters. The second-order valence-corrected chi connectivity index (χ2v) is 5.83. The highest BCUT2D eigenvalue weighted by Gasteiger charge is 2.12. The standard InChI is InChI=1S/C18H17ClFNO4/c1-11-3-6-16(12(2)7-11)24-10-18(23)25-9-17(22)21-15-8-13(19)4-5-14(15)20/h3-8H,9-10H2,1-2H3,(H,21,22). The fraction of sp³-hybridized carbons (Fsp3) is 0.222. The van der Waals surface area contributed by atoms with Gasteiger partial charge in [-0.3, -0.25) is 4.79 Å². The van der Waals surface area contributed by atoms with Crippen LogP contribution in [0.15, 0.2) is 36.4 Å². The summed E-state index contributed by atoms with van der Waals surface area (Å²) in [5, 5.41) is 2.55. The summed E-state index contributed by atoms with van der Waals surface area (Å²) >= 11 is 5.73. The number of rotatable bonds is 6. The molecule has 5 nitrogen and oxygen atoms in total. The number of hydrogen-bond donors (Lipinski definition) is 1. The van der Waals surface area contributed by atoms with Gasteiger partial charge in [0, 0.05) is 5.02 Å². The van der Waals surface area contributed by atoms with Crippen molar-refractivity contribution < 1.29 is 23.5 Å². The molecule has 7 heteroatoms. The highest BCUT2D eigenvalue weighted by Crippen LogP contribution is 2.20. The van der Waals surface area contributed by atoms with Gasteiger partial charge in [0.1, 0.15) is 11.6 Å². The van der Waals surface area contributed by atoms with Crippen LogP contribution < -0.4 is 10.1 Å². The molecule has 0 fully saturated rings. The number of ether oxygens (including phenoxy) is 2. The van der Waals surface area contributed by atoms with Crippen LogP contribution in [0.2, 0.25) is 5.02 Å². The molecule has 0 spiro atoms. The number of hydrogen-bond acceptors (Lipinski definition) is 4. The zero-order valence-electron chi connectivity index (χ0n) is 13.8. The van der Waals surface area contributed by atoms with Gasteiger partial charge < -0.3 is 14.8 Å². The Hall–Kier alpha value is -2.60. The lowest BCUT2D eigenvalue weighted by Crippen LogP contribution is -2.24. The summed E-state index contributed by atoms with van der Waals surface area (Å²) < 4.78 is 23.7. The van der Waals surface area contributed by atoms with E-state index in [-0.39, 0.29) is 17.3 Å². The average Bonchev–Trinajstić information content (AvgIpc) is 2.55. The summed E-state index contributed by atoms with van der Waals surface area (Å²) in [5.74, 6) is -1.46. The molecule has 0 atom stereocenters. The maximum Gasteiger partial charge on any atom is 0.344 e. The van der Waals surface area contributed by atoms with Crippen LogP contribution in [0.25, 0.3) is 0 Å². The van der Waals surface area contributed by atoms with Gasteiger partial charge >= 0.3 is 5.97 Å². The Balaban J connectivity index is 1.79. The first-order chi connectivity index (χ1) is 11.8. The lowest BCUT2D eigenvalue weighted by Gasteiger charge is -2.10. The van der Waals surface area contributed by atoms with Gasteiger partial charge in [-0.2, -0.15) is 0 Å². The molecular weight excluding hydrogens is 349 g/mol. The van der Waals surface area contributed by atoms with Gasteiger partial charge in [-0.1, -0.05) is 29.3 Å². The van der Waals surface area contributed by atoms with E-state index >= 15 is 0 Å². The number of halogens is 2. The summed E-state index contributed by atoms with van der Waals surface area (Å²) in [4.78, 5) is 23.4. The summed E-state index contributed by atoms with van der Waals surface area (Å²) in [6.45, 7) is 2.93. The van der Waals surface area contributed by atoms with Gasteiger partial charge in [-0.15, -0.1) is 0 Å². The summed E-state index contributed by atoms with van der Waals surface area (Å²) in [6.07, 6.45) is 0. The van der Waals surface area contributed by atoms with Crippen molar-refractivity contribution in [1.82, 2.24) is 0 Å².